The quantitative estimate of drug-likeness (QED) is 0.582. The van der Waals surface area contributed by atoms with Gasteiger partial charge in [0.05, 0.1) is 13.0 Å². The van der Waals surface area contributed by atoms with Gasteiger partial charge in [-0.25, -0.2) is 0 Å². The first kappa shape index (κ1) is 15.4. The third kappa shape index (κ3) is 1.48. The van der Waals surface area contributed by atoms with Crippen molar-refractivity contribution < 1.29 is 9.53 Å². The van der Waals surface area contributed by atoms with Crippen molar-refractivity contribution >= 4 is 11.7 Å². The summed E-state index contributed by atoms with van der Waals surface area (Å²) in [5.74, 6) is 0.189. The van der Waals surface area contributed by atoms with Gasteiger partial charge in [-0.2, -0.15) is 0 Å². The standard InChI is InChI=1S/C21H26N2O2/c1-4-14-13-23-12-11-20-16-7-5-6-8-17(16)22(2)21(20,23)10-9-15(14)18(20)19(24)25-3/h4-8,15,18H,9-13H2,1-3H3/b14-4-/t15-,18?,20+,21?/m1/s1. The molecule has 1 saturated carbocycles. The third-order valence-corrected chi connectivity index (χ3v) is 7.73. The molecule has 4 nitrogen and oxygen atoms in total. The molecular formula is C21H26N2O2. The van der Waals surface area contributed by atoms with Crippen molar-refractivity contribution in [3.05, 3.63) is 41.5 Å². The van der Waals surface area contributed by atoms with E-state index in [-0.39, 0.29) is 23.0 Å². The predicted molar refractivity (Wildman–Crippen MR) is 97.4 cm³/mol. The highest BCUT2D eigenvalue weighted by Gasteiger charge is 2.75. The molecule has 1 aromatic carbocycles. The molecule has 3 saturated heterocycles. The second kappa shape index (κ2) is 4.88. The number of para-hydroxylation sites is 1. The second-order valence-electron chi connectivity index (χ2n) is 8.05. The van der Waals surface area contributed by atoms with Crippen molar-refractivity contribution in [3.63, 3.8) is 0 Å². The molecule has 5 aliphatic rings. The number of ether oxygens (including phenoxy) is 1. The van der Waals surface area contributed by atoms with E-state index in [9.17, 15) is 4.79 Å². The van der Waals surface area contributed by atoms with Gasteiger partial charge >= 0.3 is 5.97 Å². The number of fused-ring (bicyclic) bond motifs is 3. The summed E-state index contributed by atoms with van der Waals surface area (Å²) in [6.45, 7) is 4.16. The Balaban J connectivity index is 1.85. The molecule has 1 spiro atoms. The molecule has 6 rings (SSSR count). The number of methoxy groups -OCH3 is 1. The van der Waals surface area contributed by atoms with Gasteiger partial charge in [-0.15, -0.1) is 0 Å². The number of likely N-dealkylation sites (N-methyl/N-ethyl adjacent to an activating group) is 1. The molecule has 1 aromatic rings. The number of carbonyl (C=O) groups is 1. The van der Waals surface area contributed by atoms with E-state index in [0.29, 0.717) is 5.92 Å². The van der Waals surface area contributed by atoms with Crippen LogP contribution in [0.25, 0.3) is 0 Å². The molecule has 4 aliphatic heterocycles. The van der Waals surface area contributed by atoms with E-state index in [1.807, 2.05) is 0 Å². The second-order valence-corrected chi connectivity index (χ2v) is 8.05. The van der Waals surface area contributed by atoms with Crippen molar-refractivity contribution in [3.8, 4) is 0 Å². The zero-order chi connectivity index (χ0) is 17.4. The number of hydrogen-bond acceptors (Lipinski definition) is 4. The maximum atomic E-state index is 13.1. The highest BCUT2D eigenvalue weighted by Crippen LogP contribution is 2.69. The Bertz CT molecular complexity index is 788. The van der Waals surface area contributed by atoms with Gasteiger partial charge in [-0.05, 0) is 43.7 Å². The molecule has 0 aromatic heterocycles. The summed E-state index contributed by atoms with van der Waals surface area (Å²) < 4.78 is 5.39. The molecule has 0 N–H and O–H groups in total. The van der Waals surface area contributed by atoms with Crippen LogP contribution in [0, 0.1) is 11.8 Å². The van der Waals surface area contributed by atoms with E-state index in [0.717, 1.165) is 32.4 Å². The van der Waals surface area contributed by atoms with Crippen LogP contribution in [0.3, 0.4) is 0 Å². The molecule has 25 heavy (non-hydrogen) atoms. The lowest BCUT2D eigenvalue weighted by atomic mass is 9.54. The number of anilines is 1. The molecule has 132 valence electrons. The third-order valence-electron chi connectivity index (χ3n) is 7.73. The van der Waals surface area contributed by atoms with Gasteiger partial charge in [0.25, 0.3) is 0 Å². The Labute approximate surface area is 149 Å². The Hall–Kier alpha value is -1.81. The van der Waals surface area contributed by atoms with Gasteiger partial charge in [-0.1, -0.05) is 29.8 Å². The minimum absolute atomic E-state index is 0.0257. The van der Waals surface area contributed by atoms with Crippen LogP contribution < -0.4 is 4.90 Å². The average Bonchev–Trinajstić information content (AvgIpc) is 2.98. The zero-order valence-corrected chi connectivity index (χ0v) is 15.3. The Morgan fingerprint density at radius 2 is 2.12 bits per heavy atom. The monoisotopic (exact) mass is 338 g/mol. The molecule has 4 heterocycles. The van der Waals surface area contributed by atoms with Gasteiger partial charge in [0.2, 0.25) is 0 Å². The molecule has 0 amide bonds. The zero-order valence-electron chi connectivity index (χ0n) is 15.3. The molecule has 5 atom stereocenters. The fourth-order valence-corrected chi connectivity index (χ4v) is 6.92. The van der Waals surface area contributed by atoms with Crippen molar-refractivity contribution in [1.82, 2.24) is 4.90 Å². The highest BCUT2D eigenvalue weighted by molar-refractivity contribution is 5.81. The molecule has 4 heteroatoms. The van der Waals surface area contributed by atoms with Crippen LogP contribution in [0.15, 0.2) is 35.9 Å². The van der Waals surface area contributed by atoms with E-state index >= 15 is 0 Å². The number of allylic oxidation sites excluding steroid dienone is 1. The molecule has 1 aliphatic carbocycles. The minimum atomic E-state index is -0.154. The first-order chi connectivity index (χ1) is 12.1. The van der Waals surface area contributed by atoms with Crippen molar-refractivity contribution in [2.24, 2.45) is 11.8 Å². The van der Waals surface area contributed by atoms with Crippen molar-refractivity contribution in [2.75, 3.05) is 32.1 Å². The van der Waals surface area contributed by atoms with Gasteiger partial charge in [0, 0.05) is 31.2 Å². The average molecular weight is 338 g/mol. The van der Waals surface area contributed by atoms with Gasteiger partial charge in [0.15, 0.2) is 0 Å². The summed E-state index contributed by atoms with van der Waals surface area (Å²) in [6, 6.07) is 8.73. The highest BCUT2D eigenvalue weighted by atomic mass is 16.5. The molecule has 0 radical (unpaired) electrons. The van der Waals surface area contributed by atoms with E-state index < -0.39 is 0 Å². The Morgan fingerprint density at radius 1 is 1.32 bits per heavy atom. The Kier molecular flexibility index (Phi) is 3.01. The van der Waals surface area contributed by atoms with E-state index in [4.69, 9.17) is 4.74 Å². The summed E-state index contributed by atoms with van der Waals surface area (Å²) in [5, 5.41) is 0. The van der Waals surface area contributed by atoms with Crippen LogP contribution in [-0.2, 0) is 14.9 Å². The van der Waals surface area contributed by atoms with E-state index in [2.05, 4.69) is 54.1 Å². The van der Waals surface area contributed by atoms with Crippen LogP contribution in [0.5, 0.6) is 0 Å². The fraction of sp³-hybridized carbons (Fsp3) is 0.571. The van der Waals surface area contributed by atoms with Crippen molar-refractivity contribution in [2.45, 2.75) is 37.3 Å². The van der Waals surface area contributed by atoms with E-state index in [1.165, 1.54) is 16.8 Å². The molecule has 4 bridgehead atoms. The minimum Gasteiger partial charge on any atom is -0.469 e. The maximum Gasteiger partial charge on any atom is 0.310 e. The first-order valence-corrected chi connectivity index (χ1v) is 9.43. The van der Waals surface area contributed by atoms with Gasteiger partial charge < -0.3 is 9.64 Å². The Morgan fingerprint density at radius 3 is 2.88 bits per heavy atom. The maximum absolute atomic E-state index is 13.1. The lowest BCUT2D eigenvalue weighted by Crippen LogP contribution is -2.66. The lowest BCUT2D eigenvalue weighted by Gasteiger charge is -2.54. The summed E-state index contributed by atoms with van der Waals surface area (Å²) in [5.41, 5.74) is 3.84. The van der Waals surface area contributed by atoms with Gasteiger partial charge in [-0.3, -0.25) is 9.69 Å². The molecular weight excluding hydrogens is 312 g/mol. The van der Waals surface area contributed by atoms with Crippen molar-refractivity contribution in [1.29, 1.82) is 0 Å². The van der Waals surface area contributed by atoms with E-state index in [1.54, 1.807) is 7.11 Å². The van der Waals surface area contributed by atoms with Crippen LogP contribution >= 0.6 is 0 Å². The number of rotatable bonds is 1. The number of nitrogens with zero attached hydrogens (tertiary/aromatic N) is 2. The van der Waals surface area contributed by atoms with Crippen LogP contribution in [0.1, 0.15) is 31.7 Å². The topological polar surface area (TPSA) is 32.8 Å². The first-order valence-electron chi connectivity index (χ1n) is 9.43. The summed E-state index contributed by atoms with van der Waals surface area (Å²) in [7, 11) is 3.78. The smallest absolute Gasteiger partial charge is 0.310 e. The predicted octanol–water partition coefficient (Wildman–Crippen LogP) is 2.94. The molecule has 3 unspecified atom stereocenters. The summed E-state index contributed by atoms with van der Waals surface area (Å²) in [6.07, 6.45) is 5.48. The van der Waals surface area contributed by atoms with Crippen LogP contribution in [-0.4, -0.2) is 43.8 Å². The SMILES string of the molecule is C/C=C1/CN2CC[C@@]34c5ccccc5N(C)C23CC[C@H]1C4C(=O)OC. The largest absolute Gasteiger partial charge is 0.469 e. The van der Waals surface area contributed by atoms with Gasteiger partial charge in [0.1, 0.15) is 5.66 Å². The number of benzene rings is 1. The normalized spacial score (nSPS) is 42.3. The lowest BCUT2D eigenvalue weighted by molar-refractivity contribution is -0.154. The van der Waals surface area contributed by atoms with Crippen LogP contribution in [0.2, 0.25) is 0 Å². The fourth-order valence-electron chi connectivity index (χ4n) is 6.92. The molecule has 4 fully saturated rings. The number of carbonyl (C=O) groups excluding carboxylic acids is 1. The summed E-state index contributed by atoms with van der Waals surface area (Å²) >= 11 is 0. The number of esters is 1. The van der Waals surface area contributed by atoms with Crippen LogP contribution in [0.4, 0.5) is 5.69 Å². The number of hydrogen-bond donors (Lipinski definition) is 0. The summed E-state index contributed by atoms with van der Waals surface area (Å²) in [4.78, 5) is 18.3.